The molecule has 0 aliphatic carbocycles. The van der Waals surface area contributed by atoms with E-state index in [9.17, 15) is 9.59 Å². The Bertz CT molecular complexity index is 665. The van der Waals surface area contributed by atoms with E-state index in [1.54, 1.807) is 20.8 Å². The lowest BCUT2D eigenvalue weighted by molar-refractivity contribution is -0.134. The smallest absolute Gasteiger partial charge is 0.408 e. The third-order valence-corrected chi connectivity index (χ3v) is 4.60. The van der Waals surface area contributed by atoms with Gasteiger partial charge in [0.1, 0.15) is 11.6 Å². The number of anilines is 1. The maximum Gasteiger partial charge on any atom is 0.408 e. The number of hydrogen-bond acceptors (Lipinski definition) is 4. The van der Waals surface area contributed by atoms with Gasteiger partial charge < -0.3 is 19.9 Å². The number of carbonyl (C=O) groups is 2. The molecule has 1 aromatic carbocycles. The summed E-state index contributed by atoms with van der Waals surface area (Å²) < 4.78 is 5.30. The fourth-order valence-electron chi connectivity index (χ4n) is 3.00. The molecule has 1 atom stereocenters. The average Bonchev–Trinajstić information content (AvgIpc) is 2.57. The van der Waals surface area contributed by atoms with Crippen LogP contribution in [-0.2, 0) is 9.53 Å². The largest absolute Gasteiger partial charge is 0.444 e. The van der Waals surface area contributed by atoms with Gasteiger partial charge in [-0.2, -0.15) is 0 Å². The minimum atomic E-state index is -0.600. The maximum absolute atomic E-state index is 13.0. The van der Waals surface area contributed by atoms with Gasteiger partial charge in [-0.1, -0.05) is 31.5 Å². The molecule has 1 saturated heterocycles. The van der Waals surface area contributed by atoms with E-state index in [0.29, 0.717) is 18.1 Å². The SMILES string of the molecule is CC(C)C(NC(=O)OC(C)(C)C)C(=O)N1CCN(c2cccc(Cl)c2)CC1. The predicted molar refractivity (Wildman–Crippen MR) is 108 cm³/mol. The van der Waals surface area contributed by atoms with Crippen LogP contribution >= 0.6 is 11.6 Å². The molecule has 0 saturated carbocycles. The van der Waals surface area contributed by atoms with Crippen LogP contribution in [0.25, 0.3) is 0 Å². The number of alkyl carbamates (subject to hydrolysis) is 1. The number of amides is 2. The van der Waals surface area contributed by atoms with Crippen molar-refractivity contribution in [3.8, 4) is 0 Å². The zero-order valence-corrected chi connectivity index (χ0v) is 17.5. The van der Waals surface area contributed by atoms with Gasteiger partial charge in [0.05, 0.1) is 0 Å². The number of carbonyl (C=O) groups excluding carboxylic acids is 2. The van der Waals surface area contributed by atoms with E-state index in [0.717, 1.165) is 18.8 Å². The van der Waals surface area contributed by atoms with Crippen molar-refractivity contribution in [2.45, 2.75) is 46.3 Å². The number of nitrogens with one attached hydrogen (secondary N) is 1. The zero-order valence-electron chi connectivity index (χ0n) is 16.8. The monoisotopic (exact) mass is 395 g/mol. The number of nitrogens with zero attached hydrogens (tertiary/aromatic N) is 2. The Balaban J connectivity index is 1.96. The van der Waals surface area contributed by atoms with Crippen LogP contribution in [0.4, 0.5) is 10.5 Å². The molecular weight excluding hydrogens is 366 g/mol. The lowest BCUT2D eigenvalue weighted by Crippen LogP contribution is -2.56. The molecule has 0 radical (unpaired) electrons. The van der Waals surface area contributed by atoms with Crippen molar-refractivity contribution in [2.75, 3.05) is 31.1 Å². The van der Waals surface area contributed by atoms with E-state index in [1.165, 1.54) is 0 Å². The molecule has 1 aromatic rings. The van der Waals surface area contributed by atoms with Gasteiger partial charge in [-0.25, -0.2) is 4.79 Å². The summed E-state index contributed by atoms with van der Waals surface area (Å²) in [5.74, 6) is -0.0995. The zero-order chi connectivity index (χ0) is 20.2. The average molecular weight is 396 g/mol. The molecule has 7 heteroatoms. The summed E-state index contributed by atoms with van der Waals surface area (Å²) in [5.41, 5.74) is 0.457. The first-order valence-corrected chi connectivity index (χ1v) is 9.73. The molecule has 1 heterocycles. The fraction of sp³-hybridized carbons (Fsp3) is 0.600. The second-order valence-corrected chi connectivity index (χ2v) is 8.60. The van der Waals surface area contributed by atoms with Gasteiger partial charge in [-0.3, -0.25) is 4.79 Å². The molecule has 0 spiro atoms. The minimum absolute atomic E-state index is 0.0315. The number of piperazine rings is 1. The van der Waals surface area contributed by atoms with E-state index in [-0.39, 0.29) is 11.8 Å². The summed E-state index contributed by atoms with van der Waals surface area (Å²) in [6.45, 7) is 11.9. The van der Waals surface area contributed by atoms with Gasteiger partial charge >= 0.3 is 6.09 Å². The van der Waals surface area contributed by atoms with Gasteiger partial charge in [-0.15, -0.1) is 0 Å². The molecule has 27 heavy (non-hydrogen) atoms. The maximum atomic E-state index is 13.0. The van der Waals surface area contributed by atoms with Crippen molar-refractivity contribution in [3.05, 3.63) is 29.3 Å². The molecule has 150 valence electrons. The van der Waals surface area contributed by atoms with Crippen LogP contribution in [-0.4, -0.2) is 54.7 Å². The molecule has 0 aromatic heterocycles. The van der Waals surface area contributed by atoms with Crippen molar-refractivity contribution in [1.29, 1.82) is 0 Å². The molecule has 1 aliphatic rings. The Morgan fingerprint density at radius 2 is 1.78 bits per heavy atom. The van der Waals surface area contributed by atoms with Crippen LogP contribution < -0.4 is 10.2 Å². The van der Waals surface area contributed by atoms with Gasteiger partial charge in [-0.05, 0) is 44.9 Å². The summed E-state index contributed by atoms with van der Waals surface area (Å²) >= 11 is 6.07. The van der Waals surface area contributed by atoms with Crippen LogP contribution in [0.3, 0.4) is 0 Å². The van der Waals surface area contributed by atoms with Crippen LogP contribution in [0.15, 0.2) is 24.3 Å². The summed E-state index contributed by atoms with van der Waals surface area (Å²) in [4.78, 5) is 29.1. The molecule has 2 rings (SSSR count). The predicted octanol–water partition coefficient (Wildman–Crippen LogP) is 3.54. The molecule has 1 fully saturated rings. The molecule has 0 bridgehead atoms. The lowest BCUT2D eigenvalue weighted by atomic mass is 10.0. The Hall–Kier alpha value is -1.95. The number of halogens is 1. The van der Waals surface area contributed by atoms with Gasteiger partial charge in [0.25, 0.3) is 0 Å². The lowest BCUT2D eigenvalue weighted by Gasteiger charge is -2.38. The van der Waals surface area contributed by atoms with E-state index in [1.807, 2.05) is 43.0 Å². The summed E-state index contributed by atoms with van der Waals surface area (Å²) in [5, 5.41) is 3.44. The molecule has 6 nitrogen and oxygen atoms in total. The highest BCUT2D eigenvalue weighted by Gasteiger charge is 2.32. The number of ether oxygens (including phenoxy) is 1. The van der Waals surface area contributed by atoms with Crippen molar-refractivity contribution in [2.24, 2.45) is 5.92 Å². The third-order valence-electron chi connectivity index (χ3n) is 4.37. The molecule has 1 N–H and O–H groups in total. The summed E-state index contributed by atoms with van der Waals surface area (Å²) in [7, 11) is 0. The highest BCUT2D eigenvalue weighted by molar-refractivity contribution is 6.30. The van der Waals surface area contributed by atoms with Gasteiger partial charge in [0.15, 0.2) is 0 Å². The minimum Gasteiger partial charge on any atom is -0.444 e. The number of benzene rings is 1. The van der Waals surface area contributed by atoms with E-state index in [4.69, 9.17) is 16.3 Å². The second-order valence-electron chi connectivity index (χ2n) is 8.16. The molecular formula is C20H30ClN3O3. The standard InChI is InChI=1S/C20H30ClN3O3/c1-14(2)17(22-19(26)27-20(3,4)5)18(25)24-11-9-23(10-12-24)16-8-6-7-15(21)13-16/h6-8,13-14,17H,9-12H2,1-5H3,(H,22,26). The Labute approximate surface area is 166 Å². The summed E-state index contributed by atoms with van der Waals surface area (Å²) in [6.07, 6.45) is -0.563. The number of hydrogen-bond donors (Lipinski definition) is 1. The van der Waals surface area contributed by atoms with Crippen molar-refractivity contribution in [1.82, 2.24) is 10.2 Å². The highest BCUT2D eigenvalue weighted by atomic mass is 35.5. The first kappa shape index (κ1) is 21.4. The second kappa shape index (κ2) is 8.83. The van der Waals surface area contributed by atoms with E-state index in [2.05, 4.69) is 10.2 Å². The first-order valence-electron chi connectivity index (χ1n) is 9.35. The van der Waals surface area contributed by atoms with Gasteiger partial charge in [0.2, 0.25) is 5.91 Å². The highest BCUT2D eigenvalue weighted by Crippen LogP contribution is 2.21. The topological polar surface area (TPSA) is 61.9 Å². The third kappa shape index (κ3) is 6.31. The van der Waals surface area contributed by atoms with Crippen molar-refractivity contribution >= 4 is 29.3 Å². The fourth-order valence-corrected chi connectivity index (χ4v) is 3.19. The van der Waals surface area contributed by atoms with Crippen molar-refractivity contribution in [3.63, 3.8) is 0 Å². The van der Waals surface area contributed by atoms with Crippen molar-refractivity contribution < 1.29 is 14.3 Å². The van der Waals surface area contributed by atoms with E-state index < -0.39 is 17.7 Å². The normalized spacial score (nSPS) is 16.3. The molecule has 2 amide bonds. The van der Waals surface area contributed by atoms with Crippen LogP contribution in [0, 0.1) is 5.92 Å². The number of rotatable bonds is 4. The quantitative estimate of drug-likeness (QED) is 0.847. The Morgan fingerprint density at radius 1 is 1.15 bits per heavy atom. The Morgan fingerprint density at radius 3 is 2.30 bits per heavy atom. The molecule has 1 aliphatic heterocycles. The van der Waals surface area contributed by atoms with Crippen LogP contribution in [0.2, 0.25) is 5.02 Å². The van der Waals surface area contributed by atoms with Crippen LogP contribution in [0.1, 0.15) is 34.6 Å². The summed E-state index contributed by atoms with van der Waals surface area (Å²) in [6, 6.07) is 7.12. The van der Waals surface area contributed by atoms with Crippen LogP contribution in [0.5, 0.6) is 0 Å². The Kier molecular flexibility index (Phi) is 6.98. The first-order chi connectivity index (χ1) is 12.6. The van der Waals surface area contributed by atoms with E-state index >= 15 is 0 Å². The van der Waals surface area contributed by atoms with Gasteiger partial charge in [0, 0.05) is 36.9 Å². The molecule has 1 unspecified atom stereocenters.